The molecule has 0 fully saturated rings. The van der Waals surface area contributed by atoms with Gasteiger partial charge in [0, 0.05) is 5.03 Å². The van der Waals surface area contributed by atoms with Crippen molar-refractivity contribution in [3.8, 4) is 0 Å². The van der Waals surface area contributed by atoms with Crippen LogP contribution in [0.3, 0.4) is 0 Å². The summed E-state index contributed by atoms with van der Waals surface area (Å²) in [6.07, 6.45) is 0. The number of anilines is 1. The molecule has 76 valence electrons. The molecule has 14 heavy (non-hydrogen) atoms. The molecular formula is C8H11ClN4O. The van der Waals surface area contributed by atoms with E-state index in [1.807, 2.05) is 0 Å². The quantitative estimate of drug-likeness (QED) is 0.695. The van der Waals surface area contributed by atoms with Gasteiger partial charge in [0.2, 0.25) is 0 Å². The van der Waals surface area contributed by atoms with Crippen molar-refractivity contribution in [2.75, 3.05) is 12.3 Å². The highest BCUT2D eigenvalue weighted by Crippen LogP contribution is 2.11. The Morgan fingerprint density at radius 2 is 2.43 bits per heavy atom. The lowest BCUT2D eigenvalue weighted by atomic mass is 10.3. The number of aromatic nitrogens is 2. The second-order valence-corrected chi connectivity index (χ2v) is 3.35. The van der Waals surface area contributed by atoms with Crippen LogP contribution in [0.2, 0.25) is 0 Å². The summed E-state index contributed by atoms with van der Waals surface area (Å²) in [5.74, 6) is -0.367. The van der Waals surface area contributed by atoms with Gasteiger partial charge in [0.25, 0.3) is 5.91 Å². The largest absolute Gasteiger partial charge is 0.395 e. The van der Waals surface area contributed by atoms with Crippen LogP contribution in [0.4, 0.5) is 5.69 Å². The minimum atomic E-state index is -0.367. The van der Waals surface area contributed by atoms with E-state index in [4.69, 9.17) is 17.3 Å². The second kappa shape index (κ2) is 4.15. The zero-order valence-electron chi connectivity index (χ0n) is 7.72. The van der Waals surface area contributed by atoms with Gasteiger partial charge in [-0.15, -0.1) is 0 Å². The molecule has 6 heteroatoms. The number of hydrogen-bond donors (Lipinski definition) is 3. The van der Waals surface area contributed by atoms with Crippen molar-refractivity contribution < 1.29 is 4.79 Å². The number of nitrogens with one attached hydrogen (secondary N) is 2. The van der Waals surface area contributed by atoms with E-state index in [9.17, 15) is 4.79 Å². The average Bonchev–Trinajstić information content (AvgIpc) is 2.44. The fraction of sp³-hybridized carbons (Fsp3) is 0.250. The highest BCUT2D eigenvalue weighted by molar-refractivity contribution is 6.29. The van der Waals surface area contributed by atoms with Gasteiger partial charge in [-0.1, -0.05) is 18.2 Å². The summed E-state index contributed by atoms with van der Waals surface area (Å²) in [7, 11) is 0. The summed E-state index contributed by atoms with van der Waals surface area (Å²) in [6.45, 7) is 5.38. The topological polar surface area (TPSA) is 83.8 Å². The summed E-state index contributed by atoms with van der Waals surface area (Å²) >= 11 is 5.49. The Balaban J connectivity index is 2.70. The first-order chi connectivity index (χ1) is 6.52. The second-order valence-electron chi connectivity index (χ2n) is 2.81. The molecule has 1 aromatic heterocycles. The van der Waals surface area contributed by atoms with Crippen LogP contribution in [0.25, 0.3) is 0 Å². The van der Waals surface area contributed by atoms with Crippen LogP contribution in [0.1, 0.15) is 16.2 Å². The number of rotatable bonds is 3. The van der Waals surface area contributed by atoms with Crippen LogP contribution >= 0.6 is 11.6 Å². The smallest absolute Gasteiger partial charge is 0.274 e. The van der Waals surface area contributed by atoms with E-state index in [0.29, 0.717) is 16.4 Å². The number of carbonyl (C=O) groups is 1. The number of carbonyl (C=O) groups excluding carboxylic acids is 1. The number of halogens is 1. The summed E-state index contributed by atoms with van der Waals surface area (Å²) in [5, 5.41) is 9.24. The lowest BCUT2D eigenvalue weighted by Crippen LogP contribution is -2.25. The van der Waals surface area contributed by atoms with E-state index in [2.05, 4.69) is 22.1 Å². The fourth-order valence-electron chi connectivity index (χ4n) is 0.871. The maximum Gasteiger partial charge on any atom is 0.274 e. The van der Waals surface area contributed by atoms with Gasteiger partial charge in [-0.3, -0.25) is 9.89 Å². The molecule has 0 saturated heterocycles. The van der Waals surface area contributed by atoms with Crippen LogP contribution < -0.4 is 11.1 Å². The summed E-state index contributed by atoms with van der Waals surface area (Å²) in [5.41, 5.74) is 6.80. The van der Waals surface area contributed by atoms with Crippen molar-refractivity contribution in [3.05, 3.63) is 23.0 Å². The Hall–Kier alpha value is -1.49. The maximum absolute atomic E-state index is 11.4. The Kier molecular flexibility index (Phi) is 3.14. The molecule has 1 rings (SSSR count). The molecule has 0 unspecified atom stereocenters. The monoisotopic (exact) mass is 214 g/mol. The van der Waals surface area contributed by atoms with E-state index in [1.165, 1.54) is 0 Å². The molecule has 0 spiro atoms. The molecule has 0 radical (unpaired) electrons. The van der Waals surface area contributed by atoms with E-state index in [-0.39, 0.29) is 18.1 Å². The van der Waals surface area contributed by atoms with Gasteiger partial charge in [-0.25, -0.2) is 0 Å². The number of nitrogens with zero attached hydrogens (tertiary/aromatic N) is 1. The first kappa shape index (κ1) is 10.6. The number of amides is 1. The first-order valence-corrected chi connectivity index (χ1v) is 4.32. The maximum atomic E-state index is 11.4. The third-order valence-corrected chi connectivity index (χ3v) is 1.78. The van der Waals surface area contributed by atoms with Crippen molar-refractivity contribution in [2.24, 2.45) is 0 Å². The normalized spacial score (nSPS) is 9.86. The highest BCUT2D eigenvalue weighted by Gasteiger charge is 2.14. The minimum Gasteiger partial charge on any atom is -0.395 e. The molecule has 1 heterocycles. The zero-order valence-corrected chi connectivity index (χ0v) is 8.48. The molecule has 0 atom stereocenters. The summed E-state index contributed by atoms with van der Waals surface area (Å²) in [6, 6.07) is 0. The Labute approximate surface area is 86.3 Å². The Morgan fingerprint density at radius 1 is 1.79 bits per heavy atom. The molecule has 0 aliphatic heterocycles. The van der Waals surface area contributed by atoms with Gasteiger partial charge < -0.3 is 11.1 Å². The third-order valence-electron chi connectivity index (χ3n) is 1.65. The van der Waals surface area contributed by atoms with Crippen molar-refractivity contribution in [3.63, 3.8) is 0 Å². The molecule has 0 saturated carbocycles. The number of aromatic amines is 1. The van der Waals surface area contributed by atoms with Crippen molar-refractivity contribution >= 4 is 23.2 Å². The molecule has 1 amide bonds. The van der Waals surface area contributed by atoms with Gasteiger partial charge >= 0.3 is 0 Å². The van der Waals surface area contributed by atoms with Gasteiger partial charge in [0.15, 0.2) is 5.69 Å². The number of nitrogens with two attached hydrogens (primary N) is 1. The van der Waals surface area contributed by atoms with Gasteiger partial charge in [-0.05, 0) is 6.92 Å². The molecule has 0 aromatic carbocycles. The molecule has 0 aliphatic carbocycles. The molecule has 0 aliphatic rings. The Bertz CT molecular complexity index is 371. The minimum absolute atomic E-state index is 0.181. The molecular weight excluding hydrogens is 204 g/mol. The molecule has 5 nitrogen and oxygen atoms in total. The van der Waals surface area contributed by atoms with E-state index in [0.717, 1.165) is 0 Å². The van der Waals surface area contributed by atoms with E-state index in [1.54, 1.807) is 6.92 Å². The number of nitrogen functional groups attached to an aromatic ring is 1. The first-order valence-electron chi connectivity index (χ1n) is 3.94. The van der Waals surface area contributed by atoms with Crippen molar-refractivity contribution in [2.45, 2.75) is 6.92 Å². The lowest BCUT2D eigenvalue weighted by Gasteiger charge is -2.01. The van der Waals surface area contributed by atoms with Gasteiger partial charge in [0.05, 0.1) is 17.9 Å². The van der Waals surface area contributed by atoms with Crippen LogP contribution in [0.5, 0.6) is 0 Å². The lowest BCUT2D eigenvalue weighted by molar-refractivity contribution is 0.0953. The molecule has 0 bridgehead atoms. The van der Waals surface area contributed by atoms with Crippen LogP contribution in [-0.4, -0.2) is 22.6 Å². The van der Waals surface area contributed by atoms with Gasteiger partial charge in [0.1, 0.15) is 0 Å². The zero-order chi connectivity index (χ0) is 10.7. The van der Waals surface area contributed by atoms with Crippen LogP contribution in [-0.2, 0) is 0 Å². The highest BCUT2D eigenvalue weighted by atomic mass is 35.5. The van der Waals surface area contributed by atoms with Crippen molar-refractivity contribution in [1.82, 2.24) is 15.5 Å². The van der Waals surface area contributed by atoms with Gasteiger partial charge in [-0.2, -0.15) is 5.10 Å². The van der Waals surface area contributed by atoms with E-state index < -0.39 is 0 Å². The average molecular weight is 215 g/mol. The summed E-state index contributed by atoms with van der Waals surface area (Å²) in [4.78, 5) is 11.4. The van der Waals surface area contributed by atoms with Crippen LogP contribution in [0, 0.1) is 6.92 Å². The molecule has 4 N–H and O–H groups in total. The SMILES string of the molecule is C=C(Cl)CNC(=O)c1n[nH]c(C)c1N. The van der Waals surface area contributed by atoms with E-state index >= 15 is 0 Å². The summed E-state index contributed by atoms with van der Waals surface area (Å²) < 4.78 is 0. The third kappa shape index (κ3) is 2.26. The number of hydrogen-bond acceptors (Lipinski definition) is 3. The molecule has 1 aromatic rings. The predicted octanol–water partition coefficient (Wildman–Crippen LogP) is 0.783. The number of aryl methyl sites for hydroxylation is 1. The standard InChI is InChI=1S/C8H11ClN4O/c1-4(9)3-11-8(14)7-6(10)5(2)12-13-7/h1,3,10H2,2H3,(H,11,14)(H,12,13). The number of H-pyrrole nitrogens is 1. The fourth-order valence-corrected chi connectivity index (χ4v) is 0.938. The van der Waals surface area contributed by atoms with Crippen molar-refractivity contribution in [1.29, 1.82) is 0 Å². The Morgan fingerprint density at radius 3 is 2.86 bits per heavy atom. The predicted molar refractivity (Wildman–Crippen MR) is 55.1 cm³/mol. The van der Waals surface area contributed by atoms with Crippen LogP contribution in [0.15, 0.2) is 11.6 Å².